The number of hydrogen-bond donors (Lipinski definition) is 2. The number of anilines is 1. The van der Waals surface area contributed by atoms with E-state index in [0.29, 0.717) is 18.3 Å². The van der Waals surface area contributed by atoms with Crippen LogP contribution >= 0.6 is 28.1 Å². The monoisotopic (exact) mass is 368 g/mol. The van der Waals surface area contributed by atoms with Crippen molar-refractivity contribution < 1.29 is 9.15 Å². The lowest BCUT2D eigenvalue weighted by atomic mass is 10.3. The van der Waals surface area contributed by atoms with Crippen LogP contribution in [-0.2, 0) is 11.3 Å². The highest BCUT2D eigenvalue weighted by molar-refractivity contribution is 9.10. The van der Waals surface area contributed by atoms with Gasteiger partial charge in [-0.05, 0) is 49.0 Å². The molecule has 0 atom stereocenters. The number of halogens is 1. The van der Waals surface area contributed by atoms with Crippen LogP contribution in [0.2, 0.25) is 0 Å². The molecule has 0 aliphatic heterocycles. The Hall–Kier alpha value is -1.37. The first kappa shape index (κ1) is 16.0. The van der Waals surface area contributed by atoms with Gasteiger partial charge in [-0.2, -0.15) is 0 Å². The molecule has 4 nitrogen and oxygen atoms in total. The summed E-state index contributed by atoms with van der Waals surface area (Å²) in [4.78, 5) is 0. The molecule has 0 spiro atoms. The number of rotatable bonds is 7. The van der Waals surface area contributed by atoms with Crippen molar-refractivity contribution in [2.75, 3.05) is 18.5 Å². The Morgan fingerprint density at radius 1 is 1.29 bits per heavy atom. The summed E-state index contributed by atoms with van der Waals surface area (Å²) in [5.41, 5.74) is 0.955. The zero-order valence-electron chi connectivity index (χ0n) is 11.5. The van der Waals surface area contributed by atoms with Gasteiger partial charge in [-0.25, -0.2) is 0 Å². The predicted molar refractivity (Wildman–Crippen MR) is 91.3 cm³/mol. The third kappa shape index (κ3) is 6.29. The lowest BCUT2D eigenvalue weighted by molar-refractivity contribution is 0.105. The fourth-order valence-corrected chi connectivity index (χ4v) is 2.30. The molecule has 0 aliphatic carbocycles. The molecule has 21 heavy (non-hydrogen) atoms. The summed E-state index contributed by atoms with van der Waals surface area (Å²) in [6.45, 7) is 1.93. The van der Waals surface area contributed by atoms with Crippen molar-refractivity contribution in [1.82, 2.24) is 5.32 Å². The van der Waals surface area contributed by atoms with Crippen LogP contribution in [0.3, 0.4) is 0 Å². The van der Waals surface area contributed by atoms with Crippen molar-refractivity contribution in [1.29, 1.82) is 0 Å². The summed E-state index contributed by atoms with van der Waals surface area (Å²) >= 11 is 8.65. The minimum atomic E-state index is 0.508. The maximum Gasteiger partial charge on any atom is 0.170 e. The normalized spacial score (nSPS) is 10.3. The van der Waals surface area contributed by atoms with E-state index in [9.17, 15) is 0 Å². The van der Waals surface area contributed by atoms with Crippen LogP contribution in [0.15, 0.2) is 51.6 Å². The summed E-state index contributed by atoms with van der Waals surface area (Å²) < 4.78 is 11.7. The Labute approximate surface area is 138 Å². The first-order valence-corrected chi connectivity index (χ1v) is 7.85. The average molecular weight is 369 g/mol. The molecule has 1 aromatic heterocycles. The fraction of sp³-hybridized carbons (Fsp3) is 0.267. The summed E-state index contributed by atoms with van der Waals surface area (Å²) in [5, 5.41) is 6.89. The maximum absolute atomic E-state index is 5.49. The lowest BCUT2D eigenvalue weighted by Gasteiger charge is -2.10. The van der Waals surface area contributed by atoms with Crippen molar-refractivity contribution in [3.05, 3.63) is 52.9 Å². The zero-order chi connectivity index (χ0) is 14.9. The highest BCUT2D eigenvalue weighted by Gasteiger charge is 1.99. The van der Waals surface area contributed by atoms with Crippen molar-refractivity contribution in [2.45, 2.75) is 13.0 Å². The van der Waals surface area contributed by atoms with Gasteiger partial charge in [0.05, 0.1) is 6.26 Å². The van der Waals surface area contributed by atoms with E-state index in [1.807, 2.05) is 36.4 Å². The highest BCUT2D eigenvalue weighted by Crippen LogP contribution is 2.15. The van der Waals surface area contributed by atoms with Gasteiger partial charge in [0, 0.05) is 23.3 Å². The van der Waals surface area contributed by atoms with E-state index >= 15 is 0 Å². The molecule has 2 aromatic rings. The van der Waals surface area contributed by atoms with Gasteiger partial charge in [0.15, 0.2) is 5.11 Å². The number of hydrogen-bond acceptors (Lipinski definition) is 3. The quantitative estimate of drug-likeness (QED) is 0.572. The van der Waals surface area contributed by atoms with Gasteiger partial charge in [0.25, 0.3) is 0 Å². The largest absolute Gasteiger partial charge is 0.467 e. The second-order valence-corrected chi connectivity index (χ2v) is 5.70. The first-order chi connectivity index (χ1) is 10.2. The SMILES string of the molecule is S=C(NCCCOCc1ccco1)Nc1cccc(Br)c1. The zero-order valence-corrected chi connectivity index (χ0v) is 13.9. The van der Waals surface area contributed by atoms with E-state index in [2.05, 4.69) is 26.6 Å². The molecule has 0 fully saturated rings. The van der Waals surface area contributed by atoms with E-state index in [0.717, 1.165) is 28.9 Å². The van der Waals surface area contributed by atoms with Crippen LogP contribution < -0.4 is 10.6 Å². The average Bonchev–Trinajstić information content (AvgIpc) is 2.96. The number of nitrogens with one attached hydrogen (secondary N) is 2. The van der Waals surface area contributed by atoms with Gasteiger partial charge in [0.1, 0.15) is 12.4 Å². The molecule has 0 radical (unpaired) electrons. The van der Waals surface area contributed by atoms with Crippen molar-refractivity contribution >= 4 is 38.9 Å². The molecule has 1 heterocycles. The van der Waals surface area contributed by atoms with Crippen LogP contribution in [-0.4, -0.2) is 18.3 Å². The van der Waals surface area contributed by atoms with E-state index in [-0.39, 0.29) is 0 Å². The standard InChI is InChI=1S/C15H17BrN2O2S/c16-12-4-1-5-13(10-12)18-15(21)17-7-3-8-19-11-14-6-2-9-20-14/h1-2,4-6,9-10H,3,7-8,11H2,(H2,17,18,21). The minimum absolute atomic E-state index is 0.508. The molecular weight excluding hydrogens is 352 g/mol. The highest BCUT2D eigenvalue weighted by atomic mass is 79.9. The van der Waals surface area contributed by atoms with Crippen molar-refractivity contribution in [2.24, 2.45) is 0 Å². The van der Waals surface area contributed by atoms with E-state index < -0.39 is 0 Å². The van der Waals surface area contributed by atoms with Crippen molar-refractivity contribution in [3.63, 3.8) is 0 Å². The molecule has 112 valence electrons. The van der Waals surface area contributed by atoms with E-state index in [1.54, 1.807) is 6.26 Å². The number of thiocarbonyl (C=S) groups is 1. The van der Waals surface area contributed by atoms with Crippen LogP contribution in [0.5, 0.6) is 0 Å². The smallest absolute Gasteiger partial charge is 0.170 e. The van der Waals surface area contributed by atoms with Gasteiger partial charge >= 0.3 is 0 Å². The second-order valence-electron chi connectivity index (χ2n) is 4.38. The predicted octanol–water partition coefficient (Wildman–Crippen LogP) is 3.94. The van der Waals surface area contributed by atoms with Gasteiger partial charge in [0.2, 0.25) is 0 Å². The van der Waals surface area contributed by atoms with Crippen LogP contribution in [0.25, 0.3) is 0 Å². The topological polar surface area (TPSA) is 46.4 Å². The molecule has 0 amide bonds. The number of ether oxygens (including phenoxy) is 1. The number of benzene rings is 1. The molecular formula is C15H17BrN2O2S. The first-order valence-electron chi connectivity index (χ1n) is 6.64. The van der Waals surface area contributed by atoms with Gasteiger partial charge in [-0.15, -0.1) is 0 Å². The minimum Gasteiger partial charge on any atom is -0.467 e. The van der Waals surface area contributed by atoms with Crippen LogP contribution in [0.4, 0.5) is 5.69 Å². The second kappa shape index (κ2) is 8.81. The third-order valence-electron chi connectivity index (χ3n) is 2.66. The lowest BCUT2D eigenvalue weighted by Crippen LogP contribution is -2.29. The number of furan rings is 1. The molecule has 2 rings (SSSR count). The third-order valence-corrected chi connectivity index (χ3v) is 3.40. The Balaban J connectivity index is 1.55. The molecule has 0 unspecified atom stereocenters. The van der Waals surface area contributed by atoms with Gasteiger partial charge in [-0.3, -0.25) is 0 Å². The molecule has 0 saturated carbocycles. The van der Waals surface area contributed by atoms with Gasteiger partial charge in [-0.1, -0.05) is 22.0 Å². The summed E-state index contributed by atoms with van der Waals surface area (Å²) in [5.74, 6) is 0.842. The molecule has 6 heteroatoms. The summed E-state index contributed by atoms with van der Waals surface area (Å²) in [6.07, 6.45) is 2.52. The fourth-order valence-electron chi connectivity index (χ4n) is 1.69. The Morgan fingerprint density at radius 2 is 2.19 bits per heavy atom. The Morgan fingerprint density at radius 3 is 2.95 bits per heavy atom. The van der Waals surface area contributed by atoms with Gasteiger partial charge < -0.3 is 19.8 Å². The molecule has 0 saturated heterocycles. The Kier molecular flexibility index (Phi) is 6.72. The summed E-state index contributed by atoms with van der Waals surface area (Å²) in [7, 11) is 0. The molecule has 0 bridgehead atoms. The molecule has 1 aromatic carbocycles. The molecule has 2 N–H and O–H groups in total. The van der Waals surface area contributed by atoms with E-state index in [4.69, 9.17) is 21.4 Å². The van der Waals surface area contributed by atoms with Crippen LogP contribution in [0.1, 0.15) is 12.2 Å². The van der Waals surface area contributed by atoms with Crippen LogP contribution in [0, 0.1) is 0 Å². The summed E-state index contributed by atoms with van der Waals surface area (Å²) in [6, 6.07) is 11.6. The van der Waals surface area contributed by atoms with E-state index in [1.165, 1.54) is 0 Å². The molecule has 0 aliphatic rings. The Bertz CT molecular complexity index is 561. The van der Waals surface area contributed by atoms with Crippen molar-refractivity contribution in [3.8, 4) is 0 Å². The maximum atomic E-state index is 5.49.